The van der Waals surface area contributed by atoms with Crippen molar-refractivity contribution in [2.24, 2.45) is 0 Å². The van der Waals surface area contributed by atoms with E-state index in [0.29, 0.717) is 0 Å². The van der Waals surface area contributed by atoms with Gasteiger partial charge < -0.3 is 13.6 Å². The van der Waals surface area contributed by atoms with Crippen molar-refractivity contribution in [3.05, 3.63) is 158 Å². The van der Waals surface area contributed by atoms with Gasteiger partial charge in [-0.15, -0.1) is 0 Å². The molecule has 0 saturated heterocycles. The van der Waals surface area contributed by atoms with Gasteiger partial charge in [-0.1, -0.05) is 91.0 Å². The van der Waals surface area contributed by atoms with Crippen LogP contribution in [-0.2, 0) is 0 Å². The van der Waals surface area contributed by atoms with Gasteiger partial charge in [0.15, 0.2) is 0 Å². The van der Waals surface area contributed by atoms with Gasteiger partial charge in [0, 0.05) is 43.7 Å². The molecule has 7 aromatic carbocycles. The SMILES string of the molecule is c1ccc(-n2c3ccccc3c3cc4c(cc32)c2ccccc2n4-c2ccc(-c3ccc4oc5ccccc5c4c3)cc2)cc1. The van der Waals surface area contributed by atoms with E-state index in [9.17, 15) is 0 Å². The number of furan rings is 1. The normalized spacial score (nSPS) is 12.0. The summed E-state index contributed by atoms with van der Waals surface area (Å²) in [5, 5.41) is 7.31. The average Bonchev–Trinajstić information content (AvgIpc) is 3.75. The van der Waals surface area contributed by atoms with Gasteiger partial charge >= 0.3 is 0 Å². The maximum Gasteiger partial charge on any atom is 0.135 e. The summed E-state index contributed by atoms with van der Waals surface area (Å²) in [4.78, 5) is 0. The fraction of sp³-hybridized carbons (Fsp3) is 0. The van der Waals surface area contributed by atoms with E-state index in [2.05, 4.69) is 155 Å². The Kier molecular flexibility index (Phi) is 5.00. The molecule has 0 atom stereocenters. The van der Waals surface area contributed by atoms with Gasteiger partial charge in [-0.2, -0.15) is 0 Å². The molecule has 0 bridgehead atoms. The highest BCUT2D eigenvalue weighted by Crippen LogP contribution is 2.40. The molecule has 0 amide bonds. The van der Waals surface area contributed by atoms with E-state index in [1.165, 1.54) is 60.4 Å². The van der Waals surface area contributed by atoms with Gasteiger partial charge in [0.05, 0.1) is 22.1 Å². The Hall–Kier alpha value is -6.06. The minimum Gasteiger partial charge on any atom is -0.456 e. The second kappa shape index (κ2) is 9.22. The van der Waals surface area contributed by atoms with Crippen LogP contribution >= 0.6 is 0 Å². The van der Waals surface area contributed by atoms with Crippen molar-refractivity contribution in [2.45, 2.75) is 0 Å². The van der Waals surface area contributed by atoms with Crippen LogP contribution in [0.3, 0.4) is 0 Å². The van der Waals surface area contributed by atoms with Gasteiger partial charge in [0.2, 0.25) is 0 Å². The molecular weight excluding hydrogens is 548 g/mol. The number of nitrogens with zero attached hydrogens (tertiary/aromatic N) is 2. The highest BCUT2D eigenvalue weighted by molar-refractivity contribution is 6.19. The molecule has 3 aromatic heterocycles. The molecule has 0 fully saturated rings. The minimum atomic E-state index is 0.918. The monoisotopic (exact) mass is 574 g/mol. The molecule has 0 unspecified atom stereocenters. The van der Waals surface area contributed by atoms with Gasteiger partial charge in [0.1, 0.15) is 11.2 Å². The second-order valence-electron chi connectivity index (χ2n) is 11.8. The Balaban J connectivity index is 1.18. The lowest BCUT2D eigenvalue weighted by Crippen LogP contribution is -1.94. The first-order chi connectivity index (χ1) is 22.3. The van der Waals surface area contributed by atoms with Crippen molar-refractivity contribution in [1.82, 2.24) is 9.13 Å². The fourth-order valence-electron chi connectivity index (χ4n) is 7.27. The molecule has 0 aliphatic carbocycles. The third kappa shape index (κ3) is 3.52. The van der Waals surface area contributed by atoms with Crippen LogP contribution in [-0.4, -0.2) is 9.13 Å². The van der Waals surface area contributed by atoms with Crippen molar-refractivity contribution in [3.63, 3.8) is 0 Å². The van der Waals surface area contributed by atoms with E-state index in [0.717, 1.165) is 27.6 Å². The van der Waals surface area contributed by atoms with Gasteiger partial charge in [-0.3, -0.25) is 0 Å². The Labute approximate surface area is 258 Å². The maximum absolute atomic E-state index is 6.07. The molecule has 10 aromatic rings. The van der Waals surface area contributed by atoms with Crippen molar-refractivity contribution in [1.29, 1.82) is 0 Å². The topological polar surface area (TPSA) is 23.0 Å². The van der Waals surface area contributed by atoms with Crippen molar-refractivity contribution < 1.29 is 4.42 Å². The molecule has 45 heavy (non-hydrogen) atoms. The molecule has 0 radical (unpaired) electrons. The van der Waals surface area contributed by atoms with Crippen LogP contribution in [0.5, 0.6) is 0 Å². The van der Waals surface area contributed by atoms with E-state index in [-0.39, 0.29) is 0 Å². The molecule has 0 aliphatic rings. The number of aromatic nitrogens is 2. The number of benzene rings is 7. The largest absolute Gasteiger partial charge is 0.456 e. The zero-order chi connectivity index (χ0) is 29.5. The summed E-state index contributed by atoms with van der Waals surface area (Å²) in [6, 6.07) is 56.6. The lowest BCUT2D eigenvalue weighted by molar-refractivity contribution is 0.669. The van der Waals surface area contributed by atoms with Gasteiger partial charge in [-0.25, -0.2) is 0 Å². The lowest BCUT2D eigenvalue weighted by atomic mass is 10.0. The van der Waals surface area contributed by atoms with E-state index in [1.807, 2.05) is 12.1 Å². The molecule has 3 nitrogen and oxygen atoms in total. The molecule has 0 spiro atoms. The third-order valence-corrected chi connectivity index (χ3v) is 9.32. The van der Waals surface area contributed by atoms with E-state index in [4.69, 9.17) is 4.42 Å². The van der Waals surface area contributed by atoms with Crippen LogP contribution in [0.4, 0.5) is 0 Å². The molecule has 0 saturated carbocycles. The first kappa shape index (κ1) is 24.4. The highest BCUT2D eigenvalue weighted by Gasteiger charge is 2.18. The first-order valence-electron chi connectivity index (χ1n) is 15.4. The smallest absolute Gasteiger partial charge is 0.135 e. The summed E-state index contributed by atoms with van der Waals surface area (Å²) in [6.07, 6.45) is 0. The summed E-state index contributed by atoms with van der Waals surface area (Å²) >= 11 is 0. The van der Waals surface area contributed by atoms with Gasteiger partial charge in [0.25, 0.3) is 0 Å². The Bertz CT molecular complexity index is 2740. The summed E-state index contributed by atoms with van der Waals surface area (Å²) in [5.74, 6) is 0. The van der Waals surface area contributed by atoms with Crippen molar-refractivity contribution in [3.8, 4) is 22.5 Å². The van der Waals surface area contributed by atoms with Crippen LogP contribution in [0, 0.1) is 0 Å². The Morgan fingerprint density at radius 1 is 0.311 bits per heavy atom. The Morgan fingerprint density at radius 3 is 1.49 bits per heavy atom. The summed E-state index contributed by atoms with van der Waals surface area (Å²) < 4.78 is 10.9. The van der Waals surface area contributed by atoms with Crippen molar-refractivity contribution in [2.75, 3.05) is 0 Å². The van der Waals surface area contributed by atoms with Crippen LogP contribution in [0.15, 0.2) is 162 Å². The van der Waals surface area contributed by atoms with Crippen LogP contribution in [0.2, 0.25) is 0 Å². The second-order valence-corrected chi connectivity index (χ2v) is 11.8. The quantitative estimate of drug-likeness (QED) is 0.206. The summed E-state index contributed by atoms with van der Waals surface area (Å²) in [7, 11) is 0. The summed E-state index contributed by atoms with van der Waals surface area (Å²) in [6.45, 7) is 0. The van der Waals surface area contributed by atoms with E-state index < -0.39 is 0 Å². The average molecular weight is 575 g/mol. The van der Waals surface area contributed by atoms with E-state index in [1.54, 1.807) is 0 Å². The number of fused-ring (bicyclic) bond motifs is 9. The predicted molar refractivity (Wildman–Crippen MR) is 188 cm³/mol. The number of hydrogen-bond donors (Lipinski definition) is 0. The maximum atomic E-state index is 6.07. The van der Waals surface area contributed by atoms with Crippen molar-refractivity contribution >= 4 is 65.6 Å². The van der Waals surface area contributed by atoms with Crippen LogP contribution < -0.4 is 0 Å². The first-order valence-corrected chi connectivity index (χ1v) is 15.4. The Morgan fingerprint density at radius 2 is 0.822 bits per heavy atom. The standard InChI is InChI=1S/C42H26N2O/c1-2-10-29(11-3-1)43-37-15-7-4-12-31(37)34-26-40-35(25-39(34)43)32-13-5-8-16-38(32)44(40)30-21-18-27(19-22-30)28-20-23-42-36(24-28)33-14-6-9-17-41(33)45-42/h1-26H. The molecular formula is C42H26N2O. The minimum absolute atomic E-state index is 0.918. The van der Waals surface area contributed by atoms with Gasteiger partial charge in [-0.05, 0) is 77.9 Å². The predicted octanol–water partition coefficient (Wildman–Crippen LogP) is 11.4. The fourth-order valence-corrected chi connectivity index (χ4v) is 7.27. The molecule has 0 N–H and O–H groups in total. The summed E-state index contributed by atoms with van der Waals surface area (Å²) in [5.41, 5.74) is 11.4. The molecule has 10 rings (SSSR count). The number of hydrogen-bond acceptors (Lipinski definition) is 1. The zero-order valence-corrected chi connectivity index (χ0v) is 24.3. The molecule has 210 valence electrons. The number of para-hydroxylation sites is 4. The van der Waals surface area contributed by atoms with Crippen LogP contribution in [0.1, 0.15) is 0 Å². The van der Waals surface area contributed by atoms with Crippen LogP contribution in [0.25, 0.3) is 88.1 Å². The molecule has 3 heterocycles. The lowest BCUT2D eigenvalue weighted by Gasteiger charge is -2.10. The molecule has 0 aliphatic heterocycles. The molecule has 3 heteroatoms. The highest BCUT2D eigenvalue weighted by atomic mass is 16.3. The zero-order valence-electron chi connectivity index (χ0n) is 24.3. The number of rotatable bonds is 3. The van der Waals surface area contributed by atoms with E-state index >= 15 is 0 Å². The third-order valence-electron chi connectivity index (χ3n) is 9.32.